The molecule has 7 nitrogen and oxygen atoms in total. The molecule has 0 aliphatic heterocycles. The van der Waals surface area contributed by atoms with Crippen molar-refractivity contribution in [1.29, 1.82) is 0 Å². The second-order valence-corrected chi connectivity index (χ2v) is 2.77. The number of carbonyl (C=O) groups is 3. The Bertz CT molecular complexity index is 309. The second-order valence-electron chi connectivity index (χ2n) is 2.77. The minimum Gasteiger partial charge on any atom is -0.469 e. The van der Waals surface area contributed by atoms with E-state index < -0.39 is 17.9 Å². The molecule has 0 heterocycles. The number of esters is 3. The average Bonchev–Trinajstić information content (AvgIpc) is 2.44. The molecule has 108 valence electrons. The second kappa shape index (κ2) is 13.9. The van der Waals surface area contributed by atoms with Gasteiger partial charge in [-0.05, 0) is 0 Å². The minimum absolute atomic E-state index is 0.00907. The molecular weight excluding hydrogens is 256 g/mol. The van der Waals surface area contributed by atoms with Gasteiger partial charge in [-0.15, -0.1) is 0 Å². The lowest BCUT2D eigenvalue weighted by atomic mass is 10.5. The maximum atomic E-state index is 10.4. The van der Waals surface area contributed by atoms with E-state index in [0.29, 0.717) is 0 Å². The molecule has 0 unspecified atom stereocenters. The summed E-state index contributed by atoms with van der Waals surface area (Å²) in [6.45, 7) is 6.40. The van der Waals surface area contributed by atoms with Gasteiger partial charge in [0.05, 0.1) is 13.5 Å². The van der Waals surface area contributed by atoms with Crippen molar-refractivity contribution in [3.63, 3.8) is 0 Å². The molecule has 0 spiro atoms. The molecule has 19 heavy (non-hydrogen) atoms. The number of carbonyl (C=O) groups excluding carboxylic acids is 3. The quantitative estimate of drug-likeness (QED) is 0.290. The van der Waals surface area contributed by atoms with Crippen LogP contribution >= 0.6 is 0 Å². The van der Waals surface area contributed by atoms with Crippen molar-refractivity contribution in [3.05, 3.63) is 25.3 Å². The fourth-order valence-corrected chi connectivity index (χ4v) is 0.572. The number of rotatable bonds is 7. The zero-order chi connectivity index (χ0) is 15.1. The first-order chi connectivity index (χ1) is 9.01. The largest absolute Gasteiger partial charge is 0.469 e. The zero-order valence-electron chi connectivity index (χ0n) is 11.0. The summed E-state index contributed by atoms with van der Waals surface area (Å²) in [4.78, 5) is 31.0. The van der Waals surface area contributed by atoms with Gasteiger partial charge in [0.2, 0.25) is 0 Å². The zero-order valence-corrected chi connectivity index (χ0v) is 11.0. The van der Waals surface area contributed by atoms with Crippen LogP contribution in [0.1, 0.15) is 6.42 Å². The predicted octanol–water partition coefficient (Wildman–Crippen LogP) is 0.598. The lowest BCUT2D eigenvalue weighted by Gasteiger charge is -1.99. The Balaban J connectivity index is 0. The highest BCUT2D eigenvalue weighted by Gasteiger charge is 2.01. The maximum absolute atomic E-state index is 10.4. The standard InChI is InChI=1S/C7H10O4.C5H8O3/c1-3-6(8)11-5-4-7(9)10-2;1-3-5(6)8-4-7-2/h3H,1,4-5H2,2H3;3H,1,4H2,2H3. The number of ether oxygens (including phenoxy) is 4. The summed E-state index contributed by atoms with van der Waals surface area (Å²) in [6, 6.07) is 0. The van der Waals surface area contributed by atoms with Gasteiger partial charge in [-0.2, -0.15) is 0 Å². The minimum atomic E-state index is -0.533. The van der Waals surface area contributed by atoms with Crippen LogP contribution in [0.25, 0.3) is 0 Å². The van der Waals surface area contributed by atoms with Gasteiger partial charge in [-0.25, -0.2) is 9.59 Å². The van der Waals surface area contributed by atoms with Gasteiger partial charge >= 0.3 is 17.9 Å². The Hall–Kier alpha value is -2.15. The van der Waals surface area contributed by atoms with Crippen molar-refractivity contribution < 1.29 is 33.3 Å². The highest BCUT2D eigenvalue weighted by Crippen LogP contribution is 1.87. The van der Waals surface area contributed by atoms with E-state index >= 15 is 0 Å². The molecule has 0 rings (SSSR count). The molecule has 0 aromatic carbocycles. The Morgan fingerprint density at radius 3 is 1.95 bits per heavy atom. The van der Waals surface area contributed by atoms with Crippen LogP contribution in [0.5, 0.6) is 0 Å². The highest BCUT2D eigenvalue weighted by atomic mass is 16.7. The van der Waals surface area contributed by atoms with E-state index in [2.05, 4.69) is 32.1 Å². The average molecular weight is 274 g/mol. The monoisotopic (exact) mass is 274 g/mol. The van der Waals surface area contributed by atoms with Gasteiger partial charge in [-0.3, -0.25) is 4.79 Å². The van der Waals surface area contributed by atoms with Crippen molar-refractivity contribution in [3.8, 4) is 0 Å². The van der Waals surface area contributed by atoms with E-state index in [-0.39, 0.29) is 19.8 Å². The van der Waals surface area contributed by atoms with Gasteiger partial charge in [-0.1, -0.05) is 13.2 Å². The first kappa shape index (κ1) is 19.2. The van der Waals surface area contributed by atoms with E-state index in [1.807, 2.05) is 0 Å². The first-order valence-electron chi connectivity index (χ1n) is 5.15. The molecule has 0 amide bonds. The molecule has 0 bridgehead atoms. The molecule has 0 N–H and O–H groups in total. The third kappa shape index (κ3) is 15.9. The third-order valence-electron chi connectivity index (χ3n) is 1.43. The van der Waals surface area contributed by atoms with Crippen molar-refractivity contribution in [1.82, 2.24) is 0 Å². The molecule has 0 aliphatic carbocycles. The molecule has 0 saturated heterocycles. The van der Waals surface area contributed by atoms with Crippen LogP contribution in [0.15, 0.2) is 25.3 Å². The van der Waals surface area contributed by atoms with E-state index in [0.717, 1.165) is 12.2 Å². The van der Waals surface area contributed by atoms with E-state index in [1.54, 1.807) is 0 Å². The van der Waals surface area contributed by atoms with Crippen LogP contribution in [0.3, 0.4) is 0 Å². The molecule has 0 radical (unpaired) electrons. The fraction of sp³-hybridized carbons (Fsp3) is 0.417. The van der Waals surface area contributed by atoms with E-state index in [9.17, 15) is 14.4 Å². The van der Waals surface area contributed by atoms with Crippen molar-refractivity contribution in [2.45, 2.75) is 6.42 Å². The van der Waals surface area contributed by atoms with Crippen molar-refractivity contribution in [2.24, 2.45) is 0 Å². The number of hydrogen-bond donors (Lipinski definition) is 0. The molecule has 7 heteroatoms. The van der Waals surface area contributed by atoms with E-state index in [4.69, 9.17) is 0 Å². The highest BCUT2D eigenvalue weighted by molar-refractivity contribution is 5.81. The van der Waals surface area contributed by atoms with Gasteiger partial charge in [0, 0.05) is 19.3 Å². The SMILES string of the molecule is C=CC(=O)OCCC(=O)OC.C=CC(=O)OCOC. The molecule has 0 aromatic rings. The Labute approximate surface area is 111 Å². The van der Waals surface area contributed by atoms with E-state index in [1.165, 1.54) is 14.2 Å². The number of hydrogen-bond acceptors (Lipinski definition) is 7. The smallest absolute Gasteiger partial charge is 0.332 e. The van der Waals surface area contributed by atoms with Gasteiger partial charge < -0.3 is 18.9 Å². The van der Waals surface area contributed by atoms with Crippen LogP contribution in [-0.4, -0.2) is 45.5 Å². The number of methoxy groups -OCH3 is 2. The predicted molar refractivity (Wildman–Crippen MR) is 66.0 cm³/mol. The summed E-state index contributed by atoms with van der Waals surface area (Å²) in [5.41, 5.74) is 0. The summed E-state index contributed by atoms with van der Waals surface area (Å²) >= 11 is 0. The maximum Gasteiger partial charge on any atom is 0.332 e. The summed E-state index contributed by atoms with van der Waals surface area (Å²) in [5.74, 6) is -1.40. The summed E-state index contributed by atoms with van der Waals surface area (Å²) < 4.78 is 17.6. The lowest BCUT2D eigenvalue weighted by molar-refractivity contribution is -0.148. The third-order valence-corrected chi connectivity index (χ3v) is 1.43. The van der Waals surface area contributed by atoms with Gasteiger partial charge in [0.15, 0.2) is 6.79 Å². The molecule has 0 aliphatic rings. The van der Waals surface area contributed by atoms with Crippen LogP contribution in [0.2, 0.25) is 0 Å². The van der Waals surface area contributed by atoms with Gasteiger partial charge in [0.25, 0.3) is 0 Å². The Morgan fingerprint density at radius 1 is 1.00 bits per heavy atom. The van der Waals surface area contributed by atoms with Crippen molar-refractivity contribution in [2.75, 3.05) is 27.6 Å². The molecule has 0 saturated carbocycles. The van der Waals surface area contributed by atoms with Crippen LogP contribution in [0, 0.1) is 0 Å². The lowest BCUT2D eigenvalue weighted by Crippen LogP contribution is -2.08. The fourth-order valence-electron chi connectivity index (χ4n) is 0.572. The van der Waals surface area contributed by atoms with Crippen LogP contribution in [-0.2, 0) is 33.3 Å². The molecule has 0 atom stereocenters. The Morgan fingerprint density at radius 2 is 1.53 bits per heavy atom. The van der Waals surface area contributed by atoms with Crippen LogP contribution in [0.4, 0.5) is 0 Å². The van der Waals surface area contributed by atoms with Gasteiger partial charge in [0.1, 0.15) is 6.61 Å². The topological polar surface area (TPSA) is 88.1 Å². The normalized spacial score (nSPS) is 8.32. The first-order valence-corrected chi connectivity index (χ1v) is 5.15. The van der Waals surface area contributed by atoms with Crippen molar-refractivity contribution >= 4 is 17.9 Å². The summed E-state index contributed by atoms with van der Waals surface area (Å²) in [6.07, 6.45) is 2.20. The Kier molecular flexibility index (Phi) is 14.1. The summed E-state index contributed by atoms with van der Waals surface area (Å²) in [7, 11) is 2.72. The summed E-state index contributed by atoms with van der Waals surface area (Å²) in [5, 5.41) is 0. The molecular formula is C12H18O7. The molecule has 0 fully saturated rings. The van der Waals surface area contributed by atoms with Crippen LogP contribution < -0.4 is 0 Å². The molecule has 0 aromatic heterocycles.